The van der Waals surface area contributed by atoms with Crippen molar-refractivity contribution in [2.24, 2.45) is 0 Å². The lowest BCUT2D eigenvalue weighted by atomic mass is 10.1. The van der Waals surface area contributed by atoms with Gasteiger partial charge in [-0.1, -0.05) is 42.5 Å². The number of hydrogen-bond acceptors (Lipinski definition) is 3. The minimum absolute atomic E-state index is 0.0596. The zero-order valence-electron chi connectivity index (χ0n) is 14.2. The summed E-state index contributed by atoms with van der Waals surface area (Å²) in [5, 5.41) is 2.99. The van der Waals surface area contributed by atoms with Crippen LogP contribution in [0.3, 0.4) is 0 Å². The molecule has 1 fully saturated rings. The van der Waals surface area contributed by atoms with E-state index in [1.807, 2.05) is 30.3 Å². The SMILES string of the molecule is CN1CCN(c2ccc(CNC(=O)Cc3ccccc3)cc2)CC1. The molecule has 4 nitrogen and oxygen atoms in total. The Morgan fingerprint density at radius 1 is 0.917 bits per heavy atom. The molecule has 1 aliphatic rings. The molecule has 0 radical (unpaired) electrons. The molecular formula is C20H25N3O. The lowest BCUT2D eigenvalue weighted by Crippen LogP contribution is -2.44. The Morgan fingerprint density at radius 2 is 1.58 bits per heavy atom. The second-order valence-electron chi connectivity index (χ2n) is 6.40. The molecule has 126 valence electrons. The van der Waals surface area contributed by atoms with Gasteiger partial charge in [0.15, 0.2) is 0 Å². The third-order valence-corrected chi connectivity index (χ3v) is 4.50. The molecule has 1 amide bonds. The normalized spacial score (nSPS) is 15.3. The van der Waals surface area contributed by atoms with Crippen LogP contribution in [0.4, 0.5) is 5.69 Å². The van der Waals surface area contributed by atoms with Gasteiger partial charge in [-0.25, -0.2) is 0 Å². The Bertz CT molecular complexity index is 646. The van der Waals surface area contributed by atoms with Crippen molar-refractivity contribution in [1.29, 1.82) is 0 Å². The molecule has 2 aromatic carbocycles. The molecule has 0 saturated carbocycles. The van der Waals surface area contributed by atoms with E-state index >= 15 is 0 Å². The minimum atomic E-state index is 0.0596. The molecule has 2 aromatic rings. The number of likely N-dealkylation sites (N-methyl/N-ethyl adjacent to an activating group) is 1. The molecule has 1 saturated heterocycles. The monoisotopic (exact) mass is 323 g/mol. The second-order valence-corrected chi connectivity index (χ2v) is 6.40. The van der Waals surface area contributed by atoms with Crippen molar-refractivity contribution in [1.82, 2.24) is 10.2 Å². The van der Waals surface area contributed by atoms with Crippen molar-refractivity contribution in [2.75, 3.05) is 38.1 Å². The number of hydrogen-bond donors (Lipinski definition) is 1. The summed E-state index contributed by atoms with van der Waals surface area (Å²) in [5.74, 6) is 0.0596. The van der Waals surface area contributed by atoms with E-state index < -0.39 is 0 Å². The molecule has 1 N–H and O–H groups in total. The van der Waals surface area contributed by atoms with Gasteiger partial charge in [0.1, 0.15) is 0 Å². The fourth-order valence-corrected chi connectivity index (χ4v) is 2.93. The van der Waals surface area contributed by atoms with Crippen molar-refractivity contribution < 1.29 is 4.79 Å². The molecule has 4 heteroatoms. The van der Waals surface area contributed by atoms with E-state index in [1.165, 1.54) is 5.69 Å². The molecule has 0 unspecified atom stereocenters. The Morgan fingerprint density at radius 3 is 2.25 bits per heavy atom. The van der Waals surface area contributed by atoms with E-state index in [0.717, 1.165) is 37.3 Å². The van der Waals surface area contributed by atoms with Crippen molar-refractivity contribution in [3.05, 3.63) is 65.7 Å². The largest absolute Gasteiger partial charge is 0.369 e. The van der Waals surface area contributed by atoms with E-state index in [-0.39, 0.29) is 5.91 Å². The first-order valence-corrected chi connectivity index (χ1v) is 8.54. The molecule has 0 aliphatic carbocycles. The zero-order chi connectivity index (χ0) is 16.8. The summed E-state index contributed by atoms with van der Waals surface area (Å²) in [6.45, 7) is 4.94. The minimum Gasteiger partial charge on any atom is -0.369 e. The maximum Gasteiger partial charge on any atom is 0.224 e. The third kappa shape index (κ3) is 4.59. The van der Waals surface area contributed by atoms with Gasteiger partial charge >= 0.3 is 0 Å². The van der Waals surface area contributed by atoms with Crippen LogP contribution in [0.5, 0.6) is 0 Å². The summed E-state index contributed by atoms with van der Waals surface area (Å²) in [6.07, 6.45) is 0.431. The average Bonchev–Trinajstić information content (AvgIpc) is 2.62. The first-order valence-electron chi connectivity index (χ1n) is 8.54. The topological polar surface area (TPSA) is 35.6 Å². The summed E-state index contributed by atoms with van der Waals surface area (Å²) >= 11 is 0. The van der Waals surface area contributed by atoms with Gasteiger partial charge in [0.25, 0.3) is 0 Å². The molecule has 3 rings (SSSR count). The highest BCUT2D eigenvalue weighted by molar-refractivity contribution is 5.78. The molecule has 0 spiro atoms. The van der Waals surface area contributed by atoms with Gasteiger partial charge in [0.2, 0.25) is 5.91 Å². The van der Waals surface area contributed by atoms with E-state index in [0.29, 0.717) is 13.0 Å². The van der Waals surface area contributed by atoms with Crippen molar-refractivity contribution in [2.45, 2.75) is 13.0 Å². The van der Waals surface area contributed by atoms with Crippen LogP contribution in [0.2, 0.25) is 0 Å². The number of carbonyl (C=O) groups is 1. The van der Waals surface area contributed by atoms with Crippen LogP contribution in [0.25, 0.3) is 0 Å². The summed E-state index contributed by atoms with van der Waals surface area (Å²) in [4.78, 5) is 16.8. The quantitative estimate of drug-likeness (QED) is 0.917. The van der Waals surface area contributed by atoms with Gasteiger partial charge in [-0.3, -0.25) is 4.79 Å². The van der Waals surface area contributed by atoms with Crippen LogP contribution in [-0.2, 0) is 17.8 Å². The van der Waals surface area contributed by atoms with Crippen molar-refractivity contribution >= 4 is 11.6 Å². The summed E-state index contributed by atoms with van der Waals surface area (Å²) in [5.41, 5.74) is 3.44. The highest BCUT2D eigenvalue weighted by atomic mass is 16.1. The first-order chi connectivity index (χ1) is 11.7. The Kier molecular flexibility index (Phi) is 5.49. The molecule has 0 bridgehead atoms. The van der Waals surface area contributed by atoms with Crippen LogP contribution in [0.15, 0.2) is 54.6 Å². The number of amides is 1. The number of rotatable bonds is 5. The number of anilines is 1. The van der Waals surface area contributed by atoms with E-state index in [9.17, 15) is 4.79 Å². The second kappa shape index (κ2) is 7.97. The van der Waals surface area contributed by atoms with Gasteiger partial charge in [0.05, 0.1) is 6.42 Å². The van der Waals surface area contributed by atoms with E-state index in [4.69, 9.17) is 0 Å². The Labute approximate surface area is 144 Å². The molecule has 0 atom stereocenters. The fraction of sp³-hybridized carbons (Fsp3) is 0.350. The average molecular weight is 323 g/mol. The predicted molar refractivity (Wildman–Crippen MR) is 98.1 cm³/mol. The first kappa shape index (κ1) is 16.5. The smallest absolute Gasteiger partial charge is 0.224 e. The highest BCUT2D eigenvalue weighted by Gasteiger charge is 2.13. The van der Waals surface area contributed by atoms with Gasteiger partial charge < -0.3 is 15.1 Å². The van der Waals surface area contributed by atoms with Crippen LogP contribution >= 0.6 is 0 Å². The molecule has 1 aliphatic heterocycles. The van der Waals surface area contributed by atoms with Crippen LogP contribution in [0.1, 0.15) is 11.1 Å². The van der Waals surface area contributed by atoms with Crippen molar-refractivity contribution in [3.8, 4) is 0 Å². The zero-order valence-corrected chi connectivity index (χ0v) is 14.2. The van der Waals surface area contributed by atoms with Crippen LogP contribution < -0.4 is 10.2 Å². The number of nitrogens with zero attached hydrogens (tertiary/aromatic N) is 2. The summed E-state index contributed by atoms with van der Waals surface area (Å²) < 4.78 is 0. The summed E-state index contributed by atoms with van der Waals surface area (Å²) in [7, 11) is 2.17. The number of nitrogens with one attached hydrogen (secondary N) is 1. The molecule has 1 heterocycles. The number of piperazine rings is 1. The highest BCUT2D eigenvalue weighted by Crippen LogP contribution is 2.17. The van der Waals surface area contributed by atoms with Gasteiger partial charge in [-0.15, -0.1) is 0 Å². The Hall–Kier alpha value is -2.33. The van der Waals surface area contributed by atoms with Gasteiger partial charge in [0, 0.05) is 38.4 Å². The molecule has 0 aromatic heterocycles. The third-order valence-electron chi connectivity index (χ3n) is 4.50. The lowest BCUT2D eigenvalue weighted by molar-refractivity contribution is -0.120. The fourth-order valence-electron chi connectivity index (χ4n) is 2.93. The Balaban J connectivity index is 1.48. The van der Waals surface area contributed by atoms with Gasteiger partial charge in [-0.2, -0.15) is 0 Å². The summed E-state index contributed by atoms with van der Waals surface area (Å²) in [6, 6.07) is 18.4. The van der Waals surface area contributed by atoms with E-state index in [2.05, 4.69) is 46.4 Å². The maximum atomic E-state index is 12.0. The standard InChI is InChI=1S/C20H25N3O/c1-22-11-13-23(14-12-22)19-9-7-18(8-10-19)16-21-20(24)15-17-5-3-2-4-6-17/h2-10H,11-16H2,1H3,(H,21,24). The number of carbonyl (C=O) groups excluding carboxylic acids is 1. The predicted octanol–water partition coefficient (Wildman–Crippen LogP) is 2.30. The lowest BCUT2D eigenvalue weighted by Gasteiger charge is -2.34. The van der Waals surface area contributed by atoms with Gasteiger partial charge in [-0.05, 0) is 30.3 Å². The maximum absolute atomic E-state index is 12.0. The van der Waals surface area contributed by atoms with E-state index in [1.54, 1.807) is 0 Å². The molecular weight excluding hydrogens is 298 g/mol. The number of benzene rings is 2. The van der Waals surface area contributed by atoms with Crippen molar-refractivity contribution in [3.63, 3.8) is 0 Å². The molecule has 24 heavy (non-hydrogen) atoms. The van der Waals surface area contributed by atoms with Crippen LogP contribution in [0, 0.1) is 0 Å². The van der Waals surface area contributed by atoms with Crippen LogP contribution in [-0.4, -0.2) is 44.0 Å².